The van der Waals surface area contributed by atoms with Crippen LogP contribution in [-0.2, 0) is 6.18 Å². The lowest BCUT2D eigenvalue weighted by atomic mass is 9.96. The highest BCUT2D eigenvalue weighted by Crippen LogP contribution is 2.36. The number of nitrogens with one attached hydrogen (secondary N) is 1. The Kier molecular flexibility index (Phi) is 4.12. The highest BCUT2D eigenvalue weighted by Gasteiger charge is 2.33. The maximum atomic E-state index is 12.8. The molecule has 0 aliphatic carbocycles. The Morgan fingerprint density at radius 2 is 1.76 bits per heavy atom. The van der Waals surface area contributed by atoms with Crippen molar-refractivity contribution >= 4 is 21.6 Å². The molecule has 0 atom stereocenters. The van der Waals surface area contributed by atoms with Gasteiger partial charge in [0.1, 0.15) is 0 Å². The van der Waals surface area contributed by atoms with Gasteiger partial charge in [-0.15, -0.1) is 0 Å². The maximum Gasteiger partial charge on any atom is 0.418 e. The summed E-state index contributed by atoms with van der Waals surface area (Å²) < 4.78 is 38.8. The average molecular weight is 310 g/mol. The molecule has 0 aliphatic rings. The van der Waals surface area contributed by atoms with Crippen LogP contribution < -0.4 is 5.32 Å². The Hall–Kier alpha value is -0.710. The van der Waals surface area contributed by atoms with Crippen molar-refractivity contribution in [2.45, 2.75) is 26.9 Å². The Bertz CT molecular complexity index is 394. The fraction of sp³-hybridized carbons (Fsp3) is 0.500. The van der Waals surface area contributed by atoms with Crippen molar-refractivity contribution in [1.29, 1.82) is 0 Å². The predicted octanol–water partition coefficient (Wildman–Crippen LogP) is 4.93. The van der Waals surface area contributed by atoms with Gasteiger partial charge in [-0.2, -0.15) is 13.2 Å². The van der Waals surface area contributed by atoms with E-state index in [0.29, 0.717) is 11.0 Å². The molecule has 0 radical (unpaired) electrons. The Labute approximate surface area is 108 Å². The monoisotopic (exact) mass is 309 g/mol. The second-order valence-corrected chi connectivity index (χ2v) is 6.02. The molecule has 96 valence electrons. The topological polar surface area (TPSA) is 12.0 Å². The Morgan fingerprint density at radius 3 is 2.24 bits per heavy atom. The van der Waals surface area contributed by atoms with E-state index in [1.807, 2.05) is 20.8 Å². The Balaban J connectivity index is 2.99. The van der Waals surface area contributed by atoms with Crippen molar-refractivity contribution in [3.05, 3.63) is 28.2 Å². The number of hydrogen-bond donors (Lipinski definition) is 1. The summed E-state index contributed by atoms with van der Waals surface area (Å²) in [6.07, 6.45) is -4.34. The molecule has 0 heterocycles. The largest absolute Gasteiger partial charge is 0.418 e. The number of alkyl halides is 3. The van der Waals surface area contributed by atoms with E-state index in [4.69, 9.17) is 0 Å². The summed E-state index contributed by atoms with van der Waals surface area (Å²) in [5.74, 6) is 0. The molecule has 0 saturated heterocycles. The summed E-state index contributed by atoms with van der Waals surface area (Å²) in [6.45, 7) is 6.38. The van der Waals surface area contributed by atoms with E-state index in [-0.39, 0.29) is 11.1 Å². The number of rotatable bonds is 2. The van der Waals surface area contributed by atoms with Crippen LogP contribution in [-0.4, -0.2) is 6.54 Å². The summed E-state index contributed by atoms with van der Waals surface area (Å²) in [5.41, 5.74) is -0.595. The summed E-state index contributed by atoms with van der Waals surface area (Å²) >= 11 is 3.05. The minimum Gasteiger partial charge on any atom is -0.384 e. The lowest BCUT2D eigenvalue weighted by molar-refractivity contribution is -0.137. The van der Waals surface area contributed by atoms with Crippen LogP contribution in [0.25, 0.3) is 0 Å². The molecule has 0 spiro atoms. The molecule has 0 aliphatic heterocycles. The molecular formula is C12H15BrF3N. The zero-order valence-corrected chi connectivity index (χ0v) is 11.5. The predicted molar refractivity (Wildman–Crippen MR) is 67.1 cm³/mol. The second kappa shape index (κ2) is 4.88. The lowest BCUT2D eigenvalue weighted by Gasteiger charge is -2.22. The number of benzene rings is 1. The molecule has 0 amide bonds. The third kappa shape index (κ3) is 4.58. The first-order chi connectivity index (χ1) is 7.59. The summed E-state index contributed by atoms with van der Waals surface area (Å²) in [4.78, 5) is 0. The molecular weight excluding hydrogens is 295 g/mol. The van der Waals surface area contributed by atoms with Crippen LogP contribution in [0.15, 0.2) is 22.7 Å². The standard InChI is InChI=1S/C12H15BrF3N/c1-11(2,3)7-17-10-5-4-8(13)6-9(10)12(14,15)16/h4-6,17H,7H2,1-3H3. The fourth-order valence-electron chi connectivity index (χ4n) is 1.27. The minimum atomic E-state index is -4.34. The van der Waals surface area contributed by atoms with Crippen molar-refractivity contribution in [3.8, 4) is 0 Å². The highest BCUT2D eigenvalue weighted by molar-refractivity contribution is 9.10. The summed E-state index contributed by atoms with van der Waals surface area (Å²) in [7, 11) is 0. The van der Waals surface area contributed by atoms with Crippen LogP contribution in [0.4, 0.5) is 18.9 Å². The first-order valence-corrected chi connectivity index (χ1v) is 5.99. The molecule has 5 heteroatoms. The molecule has 1 aromatic rings. The zero-order chi connectivity index (χ0) is 13.3. The van der Waals surface area contributed by atoms with Crippen LogP contribution in [0.5, 0.6) is 0 Å². The van der Waals surface area contributed by atoms with Crippen molar-refractivity contribution in [2.24, 2.45) is 5.41 Å². The molecule has 1 aromatic carbocycles. The fourth-order valence-corrected chi connectivity index (χ4v) is 1.63. The van der Waals surface area contributed by atoms with Gasteiger partial charge in [-0.3, -0.25) is 0 Å². The van der Waals surface area contributed by atoms with Crippen LogP contribution in [0.2, 0.25) is 0 Å². The van der Waals surface area contributed by atoms with Gasteiger partial charge in [0.25, 0.3) is 0 Å². The first-order valence-electron chi connectivity index (χ1n) is 5.20. The number of halogens is 4. The van der Waals surface area contributed by atoms with E-state index >= 15 is 0 Å². The number of anilines is 1. The highest BCUT2D eigenvalue weighted by atomic mass is 79.9. The van der Waals surface area contributed by atoms with Gasteiger partial charge in [-0.05, 0) is 23.6 Å². The molecule has 1 rings (SSSR count). The van der Waals surface area contributed by atoms with Gasteiger partial charge in [-0.1, -0.05) is 36.7 Å². The first kappa shape index (κ1) is 14.4. The lowest BCUT2D eigenvalue weighted by Crippen LogP contribution is -2.21. The molecule has 0 bridgehead atoms. The van der Waals surface area contributed by atoms with Gasteiger partial charge in [0, 0.05) is 16.7 Å². The van der Waals surface area contributed by atoms with Crippen LogP contribution in [0.1, 0.15) is 26.3 Å². The molecule has 0 unspecified atom stereocenters. The maximum absolute atomic E-state index is 12.8. The van der Waals surface area contributed by atoms with E-state index in [0.717, 1.165) is 6.07 Å². The van der Waals surface area contributed by atoms with Gasteiger partial charge in [0.15, 0.2) is 0 Å². The van der Waals surface area contributed by atoms with Crippen molar-refractivity contribution in [2.75, 3.05) is 11.9 Å². The van der Waals surface area contributed by atoms with Gasteiger partial charge in [-0.25, -0.2) is 0 Å². The molecule has 0 fully saturated rings. The molecule has 1 N–H and O–H groups in total. The third-order valence-electron chi connectivity index (χ3n) is 2.10. The SMILES string of the molecule is CC(C)(C)CNc1ccc(Br)cc1C(F)(F)F. The average Bonchev–Trinajstić information content (AvgIpc) is 2.13. The molecule has 17 heavy (non-hydrogen) atoms. The van der Waals surface area contributed by atoms with Gasteiger partial charge in [0.05, 0.1) is 5.56 Å². The normalized spacial score (nSPS) is 12.6. The summed E-state index contributed by atoms with van der Waals surface area (Å²) in [5, 5.41) is 2.85. The molecule has 0 saturated carbocycles. The second-order valence-electron chi connectivity index (χ2n) is 5.10. The van der Waals surface area contributed by atoms with E-state index in [1.54, 1.807) is 6.07 Å². The van der Waals surface area contributed by atoms with Crippen LogP contribution >= 0.6 is 15.9 Å². The van der Waals surface area contributed by atoms with E-state index < -0.39 is 11.7 Å². The van der Waals surface area contributed by atoms with E-state index in [9.17, 15) is 13.2 Å². The van der Waals surface area contributed by atoms with Gasteiger partial charge < -0.3 is 5.32 Å². The van der Waals surface area contributed by atoms with Crippen molar-refractivity contribution in [3.63, 3.8) is 0 Å². The zero-order valence-electron chi connectivity index (χ0n) is 9.95. The molecule has 1 nitrogen and oxygen atoms in total. The minimum absolute atomic E-state index is 0.0735. The smallest absolute Gasteiger partial charge is 0.384 e. The third-order valence-corrected chi connectivity index (χ3v) is 2.59. The van der Waals surface area contributed by atoms with Gasteiger partial charge in [0.2, 0.25) is 0 Å². The van der Waals surface area contributed by atoms with Crippen LogP contribution in [0.3, 0.4) is 0 Å². The summed E-state index contributed by atoms with van der Waals surface area (Å²) in [6, 6.07) is 4.13. The Morgan fingerprint density at radius 1 is 1.18 bits per heavy atom. The number of hydrogen-bond acceptors (Lipinski definition) is 1. The van der Waals surface area contributed by atoms with E-state index in [2.05, 4.69) is 21.2 Å². The van der Waals surface area contributed by atoms with Crippen molar-refractivity contribution in [1.82, 2.24) is 0 Å². The quantitative estimate of drug-likeness (QED) is 0.817. The van der Waals surface area contributed by atoms with E-state index in [1.165, 1.54) is 6.07 Å². The van der Waals surface area contributed by atoms with Crippen molar-refractivity contribution < 1.29 is 13.2 Å². The molecule has 0 aromatic heterocycles. The van der Waals surface area contributed by atoms with Crippen LogP contribution in [0, 0.1) is 5.41 Å². The van der Waals surface area contributed by atoms with Gasteiger partial charge >= 0.3 is 6.18 Å².